The molecule has 3 aliphatic heterocycles. The highest BCUT2D eigenvalue weighted by Gasteiger charge is 2.31. The highest BCUT2D eigenvalue weighted by Crippen LogP contribution is 2.39. The molecular weight excluding hydrogens is 545 g/mol. The van der Waals surface area contributed by atoms with E-state index >= 15 is 0 Å². The lowest BCUT2D eigenvalue weighted by atomic mass is 9.98. The third-order valence-electron chi connectivity index (χ3n) is 7.01. The summed E-state index contributed by atoms with van der Waals surface area (Å²) in [6, 6.07) is 12.7. The number of nitrogens with one attached hydrogen (secondary N) is 2. The van der Waals surface area contributed by atoms with Crippen LogP contribution in [-0.2, 0) is 12.7 Å². The molecule has 3 aromatic rings. The van der Waals surface area contributed by atoms with E-state index in [9.17, 15) is 18.0 Å². The molecule has 0 saturated heterocycles. The largest absolute Gasteiger partial charge is 0.416 e. The number of hydrogen-bond donors (Lipinski definition) is 2. The van der Waals surface area contributed by atoms with Gasteiger partial charge in [-0.15, -0.1) is 0 Å². The van der Waals surface area contributed by atoms with E-state index in [-0.39, 0.29) is 5.69 Å². The van der Waals surface area contributed by atoms with E-state index in [4.69, 9.17) is 4.98 Å². The number of rotatable bonds is 4. The second kappa shape index (κ2) is 10.4. The summed E-state index contributed by atoms with van der Waals surface area (Å²) < 4.78 is 41.5. The molecular formula is C30H25F3N8O. The molecule has 0 radical (unpaired) electrons. The fraction of sp³-hybridized carbons (Fsp3) is 0.200. The average Bonchev–Trinajstić information content (AvgIpc) is 3.45. The van der Waals surface area contributed by atoms with Crippen LogP contribution in [0.1, 0.15) is 33.0 Å². The van der Waals surface area contributed by atoms with Gasteiger partial charge in [-0.25, -0.2) is 9.98 Å². The van der Waals surface area contributed by atoms with Crippen molar-refractivity contribution in [3.63, 3.8) is 0 Å². The molecule has 212 valence electrons. The van der Waals surface area contributed by atoms with Crippen LogP contribution in [0.2, 0.25) is 0 Å². The number of alkyl halides is 3. The molecule has 0 atom stereocenters. The molecule has 1 aromatic carbocycles. The highest BCUT2D eigenvalue weighted by atomic mass is 19.4. The molecule has 0 saturated carbocycles. The van der Waals surface area contributed by atoms with Crippen molar-refractivity contribution in [3.8, 4) is 22.5 Å². The number of carbonyl (C=O) groups is 1. The number of benzene rings is 1. The van der Waals surface area contributed by atoms with Gasteiger partial charge in [0.15, 0.2) is 0 Å². The number of amides is 1. The Bertz CT molecular complexity index is 1900. The minimum atomic E-state index is -4.58. The summed E-state index contributed by atoms with van der Waals surface area (Å²) in [6.07, 6.45) is -1.88. The first kappa shape index (κ1) is 27.1. The van der Waals surface area contributed by atoms with Gasteiger partial charge in [0.2, 0.25) is 0 Å². The molecule has 0 spiro atoms. The van der Waals surface area contributed by atoms with Gasteiger partial charge in [-0.05, 0) is 74.4 Å². The van der Waals surface area contributed by atoms with E-state index in [0.717, 1.165) is 63.6 Å². The Morgan fingerprint density at radius 2 is 1.83 bits per heavy atom. The van der Waals surface area contributed by atoms with Gasteiger partial charge >= 0.3 is 6.18 Å². The van der Waals surface area contributed by atoms with Crippen LogP contribution < -0.4 is 16.3 Å². The van der Waals surface area contributed by atoms with E-state index < -0.39 is 17.6 Å². The predicted molar refractivity (Wildman–Crippen MR) is 151 cm³/mol. The van der Waals surface area contributed by atoms with E-state index in [1.54, 1.807) is 18.3 Å². The molecule has 2 aromatic heterocycles. The summed E-state index contributed by atoms with van der Waals surface area (Å²) in [5, 5.41) is 6.12. The van der Waals surface area contributed by atoms with Crippen LogP contribution in [0.5, 0.6) is 0 Å². The van der Waals surface area contributed by atoms with Crippen LogP contribution in [-0.4, -0.2) is 37.0 Å². The van der Waals surface area contributed by atoms with Gasteiger partial charge in [-0.1, -0.05) is 6.07 Å². The maximum absolute atomic E-state index is 13.1. The van der Waals surface area contributed by atoms with Gasteiger partial charge < -0.3 is 15.2 Å². The zero-order valence-electron chi connectivity index (χ0n) is 22.9. The maximum atomic E-state index is 13.1. The first-order valence-corrected chi connectivity index (χ1v) is 13.2. The zero-order chi connectivity index (χ0) is 29.6. The Hall–Kier alpha value is -5.13. The SMILES string of the molecule is Cc1ccc(N=c2ncc3cc(-c4cc(NC(=O)c5cc(C(F)(F)F)ccn5)ccc4C)c4n(c-3n2)CCN4)c(C)n1. The molecule has 6 rings (SSSR count). The van der Waals surface area contributed by atoms with Crippen molar-refractivity contribution < 1.29 is 18.0 Å². The Morgan fingerprint density at radius 3 is 2.62 bits per heavy atom. The number of halogens is 3. The molecule has 0 bridgehead atoms. The minimum absolute atomic E-state index is 0.328. The number of hydrogen-bond acceptors (Lipinski definition) is 7. The Balaban J connectivity index is 1.37. The summed E-state index contributed by atoms with van der Waals surface area (Å²) in [6.45, 7) is 7.14. The van der Waals surface area contributed by atoms with Crippen molar-refractivity contribution in [1.82, 2.24) is 24.5 Å². The molecule has 5 heterocycles. The molecule has 3 aliphatic rings. The van der Waals surface area contributed by atoms with E-state index in [1.807, 2.05) is 45.0 Å². The molecule has 0 aliphatic carbocycles. The van der Waals surface area contributed by atoms with E-state index in [2.05, 4.69) is 35.1 Å². The molecule has 0 unspecified atom stereocenters. The second-order valence-corrected chi connectivity index (χ2v) is 10.0. The standard InChI is InChI=1S/C30H25F3N8O/c1-16-4-6-21(38-28(42)25-13-20(8-9-34-25)30(31,32)33)14-22(16)23-12-19-15-36-29(39-24-7-5-17(2)37-18(24)3)40-26(19)41-11-10-35-27(23)41/h4-9,12-15,35H,10-11H2,1-3H3,(H,38,42). The lowest BCUT2D eigenvalue weighted by Gasteiger charge is -2.19. The molecule has 42 heavy (non-hydrogen) atoms. The monoisotopic (exact) mass is 570 g/mol. The predicted octanol–water partition coefficient (Wildman–Crippen LogP) is 5.69. The van der Waals surface area contributed by atoms with Crippen molar-refractivity contribution in [3.05, 3.63) is 94.8 Å². The van der Waals surface area contributed by atoms with Crippen LogP contribution in [0, 0.1) is 20.8 Å². The van der Waals surface area contributed by atoms with Crippen molar-refractivity contribution in [2.75, 3.05) is 17.2 Å². The van der Waals surface area contributed by atoms with Gasteiger partial charge in [-0.2, -0.15) is 18.2 Å². The van der Waals surface area contributed by atoms with Gasteiger partial charge in [0.1, 0.15) is 17.3 Å². The van der Waals surface area contributed by atoms with Crippen LogP contribution in [0.3, 0.4) is 0 Å². The number of anilines is 2. The van der Waals surface area contributed by atoms with Crippen molar-refractivity contribution in [2.24, 2.45) is 4.99 Å². The van der Waals surface area contributed by atoms with Crippen LogP contribution in [0.4, 0.5) is 30.4 Å². The molecule has 12 heteroatoms. The summed E-state index contributed by atoms with van der Waals surface area (Å²) in [7, 11) is 0. The van der Waals surface area contributed by atoms with E-state index in [1.165, 1.54) is 0 Å². The van der Waals surface area contributed by atoms with E-state index in [0.29, 0.717) is 30.1 Å². The number of pyridine rings is 3. The number of nitrogens with zero attached hydrogens (tertiary/aromatic N) is 6. The average molecular weight is 571 g/mol. The van der Waals surface area contributed by atoms with Crippen molar-refractivity contribution in [2.45, 2.75) is 33.5 Å². The Kier molecular flexibility index (Phi) is 6.68. The molecule has 1 amide bonds. The third-order valence-corrected chi connectivity index (χ3v) is 7.01. The summed E-state index contributed by atoms with van der Waals surface area (Å²) in [5.74, 6) is 0.838. The number of fused-ring (bicyclic) bond motifs is 3. The van der Waals surface area contributed by atoms with Crippen molar-refractivity contribution in [1.29, 1.82) is 0 Å². The van der Waals surface area contributed by atoms with Gasteiger partial charge in [-0.3, -0.25) is 14.8 Å². The van der Waals surface area contributed by atoms with Crippen LogP contribution in [0.15, 0.2) is 65.9 Å². The highest BCUT2D eigenvalue weighted by molar-refractivity contribution is 6.03. The minimum Gasteiger partial charge on any atom is -0.369 e. The number of aromatic nitrogens is 5. The lowest BCUT2D eigenvalue weighted by Crippen LogP contribution is -2.18. The quantitative estimate of drug-likeness (QED) is 0.287. The number of aryl methyl sites for hydroxylation is 3. The fourth-order valence-corrected chi connectivity index (χ4v) is 4.94. The smallest absolute Gasteiger partial charge is 0.369 e. The fourth-order valence-electron chi connectivity index (χ4n) is 4.94. The second-order valence-electron chi connectivity index (χ2n) is 10.0. The van der Waals surface area contributed by atoms with Gasteiger partial charge in [0.25, 0.3) is 11.5 Å². The Labute approximate surface area is 238 Å². The lowest BCUT2D eigenvalue weighted by molar-refractivity contribution is -0.137. The van der Waals surface area contributed by atoms with Crippen LogP contribution >= 0.6 is 0 Å². The summed E-state index contributed by atoms with van der Waals surface area (Å²) >= 11 is 0. The Morgan fingerprint density at radius 1 is 1.00 bits per heavy atom. The van der Waals surface area contributed by atoms with Gasteiger partial charge in [0, 0.05) is 48.0 Å². The summed E-state index contributed by atoms with van der Waals surface area (Å²) in [5.41, 5.74) is 5.33. The van der Waals surface area contributed by atoms with Crippen molar-refractivity contribution >= 4 is 23.1 Å². The number of carbonyl (C=O) groups excluding carboxylic acids is 1. The molecule has 9 nitrogen and oxygen atoms in total. The maximum Gasteiger partial charge on any atom is 0.416 e. The van der Waals surface area contributed by atoms with Crippen LogP contribution in [0.25, 0.3) is 22.5 Å². The topological polar surface area (TPSA) is 110 Å². The zero-order valence-corrected chi connectivity index (χ0v) is 22.9. The first-order valence-electron chi connectivity index (χ1n) is 13.2. The summed E-state index contributed by atoms with van der Waals surface area (Å²) in [4.78, 5) is 34.9. The third kappa shape index (κ3) is 5.18. The normalized spacial score (nSPS) is 13.2. The first-order chi connectivity index (χ1) is 20.1. The molecule has 2 N–H and O–H groups in total. The van der Waals surface area contributed by atoms with Gasteiger partial charge in [0.05, 0.1) is 16.9 Å². The molecule has 0 fully saturated rings.